The third-order valence-corrected chi connectivity index (χ3v) is 2.51. The number of ether oxygens (including phenoxy) is 1. The highest BCUT2D eigenvalue weighted by Crippen LogP contribution is 2.00. The van der Waals surface area contributed by atoms with E-state index in [1.807, 2.05) is 0 Å². The van der Waals surface area contributed by atoms with Gasteiger partial charge in [-0.2, -0.15) is 0 Å². The van der Waals surface area contributed by atoms with Gasteiger partial charge in [-0.05, 0) is 45.4 Å². The highest BCUT2D eigenvalue weighted by Gasteiger charge is 1.86. The van der Waals surface area contributed by atoms with Crippen molar-refractivity contribution in [2.45, 2.75) is 38.5 Å². The zero-order valence-electron chi connectivity index (χ0n) is 16.3. The molecule has 0 fully saturated rings. The molecule has 0 aromatic heterocycles. The summed E-state index contributed by atoms with van der Waals surface area (Å²) in [6.07, 6.45) is 7.14. The summed E-state index contributed by atoms with van der Waals surface area (Å²) in [5.74, 6) is 0. The fraction of sp³-hybridized carbons (Fsp3) is 1.00. The third-order valence-electron chi connectivity index (χ3n) is 2.51. The lowest BCUT2D eigenvalue weighted by molar-refractivity contribution is 0.149. The van der Waals surface area contributed by atoms with Crippen LogP contribution in [0.1, 0.15) is 38.5 Å². The minimum Gasteiger partial charge on any atom is -0.379 e. The van der Waals surface area contributed by atoms with Crippen molar-refractivity contribution in [3.05, 3.63) is 0 Å². The lowest BCUT2D eigenvalue weighted by Crippen LogP contribution is -2.13. The van der Waals surface area contributed by atoms with Gasteiger partial charge in [-0.1, -0.05) is 19.3 Å². The molecule has 0 spiro atoms. The largest absolute Gasteiger partial charge is 0.379 e. The maximum atomic E-state index is 5.32. The second-order valence-corrected chi connectivity index (χ2v) is 5.04. The molecule has 0 aliphatic rings. The first-order chi connectivity index (χ1) is 12.2. The number of hydrogen-bond donors (Lipinski definition) is 8. The zero-order valence-corrected chi connectivity index (χ0v) is 16.3. The maximum absolute atomic E-state index is 5.32. The van der Waals surface area contributed by atoms with Crippen LogP contribution in [0.3, 0.4) is 0 Å². The molecule has 0 heterocycles. The van der Waals surface area contributed by atoms with Crippen molar-refractivity contribution in [1.29, 1.82) is 0 Å². The van der Waals surface area contributed by atoms with Crippen LogP contribution in [0.15, 0.2) is 0 Å². The van der Waals surface area contributed by atoms with Crippen molar-refractivity contribution in [2.75, 3.05) is 65.6 Å². The SMILES string of the molecule is NCCCCCCCN.NCCCN.NCCN.NCCOCCN. The lowest BCUT2D eigenvalue weighted by atomic mass is 10.1. The van der Waals surface area contributed by atoms with Crippen LogP contribution in [0.5, 0.6) is 0 Å². The molecule has 0 aliphatic carbocycles. The van der Waals surface area contributed by atoms with E-state index in [-0.39, 0.29) is 0 Å². The van der Waals surface area contributed by atoms with Crippen LogP contribution >= 0.6 is 0 Å². The molecule has 0 aromatic rings. The van der Waals surface area contributed by atoms with Gasteiger partial charge in [-0.3, -0.25) is 0 Å². The Hall–Kier alpha value is -0.360. The Kier molecular flexibility index (Phi) is 56.6. The summed E-state index contributed by atoms with van der Waals surface area (Å²) in [6.45, 7) is 6.71. The monoisotopic (exact) mass is 368 g/mol. The quantitative estimate of drug-likeness (QED) is 0.168. The van der Waals surface area contributed by atoms with Gasteiger partial charge in [0.2, 0.25) is 0 Å². The van der Waals surface area contributed by atoms with Crippen LogP contribution in [-0.2, 0) is 4.74 Å². The van der Waals surface area contributed by atoms with Crippen molar-refractivity contribution in [2.24, 2.45) is 45.9 Å². The highest BCUT2D eigenvalue weighted by atomic mass is 16.5. The number of rotatable bonds is 13. The summed E-state index contributed by atoms with van der Waals surface area (Å²) in [5, 5.41) is 0. The van der Waals surface area contributed by atoms with E-state index in [0.717, 1.165) is 32.6 Å². The molecule has 0 saturated carbocycles. The van der Waals surface area contributed by atoms with E-state index < -0.39 is 0 Å². The molecule has 0 aliphatic heterocycles. The van der Waals surface area contributed by atoms with E-state index in [1.54, 1.807) is 0 Å². The first-order valence-corrected chi connectivity index (χ1v) is 9.34. The molecule has 9 heteroatoms. The summed E-state index contributed by atoms with van der Waals surface area (Å²) in [5.41, 5.74) is 40.8. The van der Waals surface area contributed by atoms with Gasteiger partial charge < -0.3 is 50.6 Å². The van der Waals surface area contributed by atoms with Crippen LogP contribution in [0.2, 0.25) is 0 Å². The van der Waals surface area contributed by atoms with E-state index >= 15 is 0 Å². The minimum atomic E-state index is 0.583. The average molecular weight is 369 g/mol. The van der Waals surface area contributed by atoms with Crippen molar-refractivity contribution in [1.82, 2.24) is 0 Å². The Labute approximate surface area is 155 Å². The molecular weight excluding hydrogens is 320 g/mol. The topological polar surface area (TPSA) is 217 Å². The first kappa shape index (κ1) is 32.3. The lowest BCUT2D eigenvalue weighted by Gasteiger charge is -1.96. The summed E-state index contributed by atoms with van der Waals surface area (Å²) in [7, 11) is 0. The molecule has 0 radical (unpaired) electrons. The molecule has 9 nitrogen and oxygen atoms in total. The van der Waals surface area contributed by atoms with Gasteiger partial charge in [0.25, 0.3) is 0 Å². The van der Waals surface area contributed by atoms with E-state index in [4.69, 9.17) is 50.6 Å². The number of nitrogens with two attached hydrogens (primary N) is 8. The van der Waals surface area contributed by atoms with Crippen molar-refractivity contribution in [3.8, 4) is 0 Å². The summed E-state index contributed by atoms with van der Waals surface area (Å²) in [4.78, 5) is 0. The molecule has 0 unspecified atom stereocenters. The summed E-state index contributed by atoms with van der Waals surface area (Å²) < 4.78 is 4.88. The van der Waals surface area contributed by atoms with E-state index in [1.165, 1.54) is 32.1 Å². The Balaban J connectivity index is -0.000000123. The Morgan fingerprint density at radius 3 is 0.840 bits per heavy atom. The van der Waals surface area contributed by atoms with Gasteiger partial charge in [0, 0.05) is 26.2 Å². The fourth-order valence-corrected chi connectivity index (χ4v) is 1.21. The molecule has 16 N–H and O–H groups in total. The van der Waals surface area contributed by atoms with Crippen LogP contribution in [0, 0.1) is 0 Å². The smallest absolute Gasteiger partial charge is 0.0589 e. The van der Waals surface area contributed by atoms with Gasteiger partial charge in [-0.25, -0.2) is 0 Å². The molecule has 25 heavy (non-hydrogen) atoms. The van der Waals surface area contributed by atoms with Gasteiger partial charge in [0.1, 0.15) is 0 Å². The van der Waals surface area contributed by atoms with Gasteiger partial charge in [-0.15, -0.1) is 0 Å². The van der Waals surface area contributed by atoms with Crippen molar-refractivity contribution < 1.29 is 4.74 Å². The summed E-state index contributed by atoms with van der Waals surface area (Å²) >= 11 is 0. The van der Waals surface area contributed by atoms with Crippen LogP contribution in [0.4, 0.5) is 0 Å². The molecule has 0 amide bonds. The molecule has 0 bridgehead atoms. The van der Waals surface area contributed by atoms with Gasteiger partial charge in [0.15, 0.2) is 0 Å². The third kappa shape index (κ3) is 69.3. The Morgan fingerprint density at radius 2 is 0.640 bits per heavy atom. The summed E-state index contributed by atoms with van der Waals surface area (Å²) in [6, 6.07) is 0. The second kappa shape index (κ2) is 43.8. The van der Waals surface area contributed by atoms with Crippen LogP contribution in [0.25, 0.3) is 0 Å². The predicted octanol–water partition coefficient (Wildman–Crippen LogP) is -2.03. The maximum Gasteiger partial charge on any atom is 0.0589 e. The molecule has 158 valence electrons. The van der Waals surface area contributed by atoms with E-state index in [9.17, 15) is 0 Å². The first-order valence-electron chi connectivity index (χ1n) is 9.34. The predicted molar refractivity (Wildman–Crippen MR) is 111 cm³/mol. The Morgan fingerprint density at radius 1 is 0.320 bits per heavy atom. The normalized spacial score (nSPS) is 9.12. The zero-order chi connectivity index (χ0) is 20.0. The van der Waals surface area contributed by atoms with Crippen LogP contribution < -0.4 is 45.9 Å². The van der Waals surface area contributed by atoms with Crippen molar-refractivity contribution >= 4 is 0 Å². The van der Waals surface area contributed by atoms with E-state index in [2.05, 4.69) is 0 Å². The minimum absolute atomic E-state index is 0.583. The number of hydrogen-bond acceptors (Lipinski definition) is 9. The second-order valence-electron chi connectivity index (χ2n) is 5.04. The standard InChI is InChI=1S/C7H18N2.C4H12N2O.C3H10N2.C2H8N2/c8-6-4-2-1-3-5-7-9;5-1-3-7-4-2-6;4-2-1-3-5;3-1-2-4/h1-9H2;1-6H2;1-5H2;1-4H2. The van der Waals surface area contributed by atoms with Gasteiger partial charge >= 0.3 is 0 Å². The highest BCUT2D eigenvalue weighted by molar-refractivity contribution is 4.44. The number of unbranched alkanes of at least 4 members (excludes halogenated alkanes) is 4. The molecule has 0 rings (SSSR count). The van der Waals surface area contributed by atoms with Crippen LogP contribution in [-0.4, -0.2) is 65.6 Å². The van der Waals surface area contributed by atoms with E-state index in [0.29, 0.717) is 39.4 Å². The molecular formula is C16H48N8O. The molecule has 0 saturated heterocycles. The fourth-order valence-electron chi connectivity index (χ4n) is 1.21. The van der Waals surface area contributed by atoms with Crippen molar-refractivity contribution in [3.63, 3.8) is 0 Å². The average Bonchev–Trinajstić information content (AvgIpc) is 2.64. The van der Waals surface area contributed by atoms with Gasteiger partial charge in [0.05, 0.1) is 13.2 Å². The molecule has 0 aromatic carbocycles. The molecule has 0 atom stereocenters. The Bertz CT molecular complexity index is 153.